The summed E-state index contributed by atoms with van der Waals surface area (Å²) in [6, 6.07) is 6.83. The molecule has 0 aromatic heterocycles. The van der Waals surface area contributed by atoms with Gasteiger partial charge < -0.3 is 9.16 Å². The van der Waals surface area contributed by atoms with E-state index in [-0.39, 0.29) is 17.7 Å². The molecule has 0 unspecified atom stereocenters. The van der Waals surface area contributed by atoms with Crippen LogP contribution in [0.2, 0.25) is 18.1 Å². The van der Waals surface area contributed by atoms with E-state index in [4.69, 9.17) is 13.3 Å². The van der Waals surface area contributed by atoms with Gasteiger partial charge in [0.05, 0.1) is 25.9 Å². The molecule has 0 aliphatic carbocycles. The van der Waals surface area contributed by atoms with Gasteiger partial charge in [0.25, 0.3) is 0 Å². The molecular weight excluding hydrogens is 346 g/mol. The molecule has 2 rings (SSSR count). The summed E-state index contributed by atoms with van der Waals surface area (Å²) in [6.45, 7) is 10.7. The lowest BCUT2D eigenvalue weighted by Crippen LogP contribution is -2.53. The molecule has 0 amide bonds. The van der Waals surface area contributed by atoms with Gasteiger partial charge in [0.1, 0.15) is 5.75 Å². The first kappa shape index (κ1) is 19.4. The van der Waals surface area contributed by atoms with Gasteiger partial charge in [-0.2, -0.15) is 13.1 Å². The van der Waals surface area contributed by atoms with Crippen LogP contribution in [0.15, 0.2) is 24.3 Å². The van der Waals surface area contributed by atoms with Gasteiger partial charge in [-0.3, -0.25) is 4.18 Å². The normalized spacial score (nSPS) is 24.6. The average Bonchev–Trinajstić information content (AvgIpc) is 2.48. The predicted octanol–water partition coefficient (Wildman–Crippen LogP) is 2.99. The first-order chi connectivity index (χ1) is 11.0. The van der Waals surface area contributed by atoms with Crippen molar-refractivity contribution in [3.05, 3.63) is 29.8 Å². The van der Waals surface area contributed by atoms with Crippen LogP contribution in [0, 0.1) is 0 Å². The molecule has 1 aromatic rings. The van der Waals surface area contributed by atoms with Crippen LogP contribution >= 0.6 is 0 Å². The average molecular weight is 374 g/mol. The molecule has 0 bridgehead atoms. The van der Waals surface area contributed by atoms with E-state index in [1.807, 2.05) is 24.3 Å². The maximum Gasteiger partial charge on any atom is 0.336 e. The van der Waals surface area contributed by atoms with E-state index in [2.05, 4.69) is 38.6 Å². The SMILES string of the molecule is COc1ccc([C@H]2NS(=O)(=O)OC[C@@H]2O[Si](C)(C)C(C)(C)C)cc1. The van der Waals surface area contributed by atoms with Crippen molar-refractivity contribution in [3.63, 3.8) is 0 Å². The highest BCUT2D eigenvalue weighted by Gasteiger charge is 2.44. The highest BCUT2D eigenvalue weighted by Crippen LogP contribution is 2.39. The summed E-state index contributed by atoms with van der Waals surface area (Å²) in [7, 11) is -4.24. The number of nitrogens with one attached hydrogen (secondary N) is 1. The Hall–Kier alpha value is -0.933. The molecule has 1 saturated heterocycles. The molecule has 0 radical (unpaired) electrons. The van der Waals surface area contributed by atoms with E-state index in [0.717, 1.165) is 11.3 Å². The van der Waals surface area contributed by atoms with Gasteiger partial charge in [-0.05, 0) is 35.8 Å². The van der Waals surface area contributed by atoms with Gasteiger partial charge in [0.2, 0.25) is 0 Å². The Kier molecular flexibility index (Phi) is 5.46. The molecule has 2 atom stereocenters. The molecule has 1 heterocycles. The molecule has 0 saturated carbocycles. The predicted molar refractivity (Wildman–Crippen MR) is 95.8 cm³/mol. The van der Waals surface area contributed by atoms with Crippen LogP contribution in [0.5, 0.6) is 5.75 Å². The van der Waals surface area contributed by atoms with Crippen molar-refractivity contribution in [2.45, 2.75) is 51.0 Å². The summed E-state index contributed by atoms with van der Waals surface area (Å²) >= 11 is 0. The van der Waals surface area contributed by atoms with Gasteiger partial charge in [-0.1, -0.05) is 32.9 Å². The molecule has 1 aromatic carbocycles. The smallest absolute Gasteiger partial charge is 0.336 e. The van der Waals surface area contributed by atoms with E-state index in [0.29, 0.717) is 0 Å². The summed E-state index contributed by atoms with van der Waals surface area (Å²) in [4.78, 5) is 0. The largest absolute Gasteiger partial charge is 0.497 e. The Morgan fingerprint density at radius 1 is 1.21 bits per heavy atom. The van der Waals surface area contributed by atoms with Crippen LogP contribution in [-0.4, -0.2) is 36.6 Å². The summed E-state index contributed by atoms with van der Waals surface area (Å²) in [6.07, 6.45) is -0.372. The van der Waals surface area contributed by atoms with E-state index < -0.39 is 24.7 Å². The lowest BCUT2D eigenvalue weighted by Gasteiger charge is -2.42. The second-order valence-corrected chi connectivity index (χ2v) is 13.7. The maximum absolute atomic E-state index is 11.9. The monoisotopic (exact) mass is 373 g/mol. The third kappa shape index (κ3) is 4.37. The lowest BCUT2D eigenvalue weighted by molar-refractivity contribution is 0.0707. The second kappa shape index (κ2) is 6.76. The van der Waals surface area contributed by atoms with Gasteiger partial charge >= 0.3 is 10.3 Å². The van der Waals surface area contributed by atoms with Crippen molar-refractivity contribution in [2.24, 2.45) is 0 Å². The highest BCUT2D eigenvalue weighted by molar-refractivity contribution is 7.84. The number of hydrogen-bond donors (Lipinski definition) is 1. The first-order valence-electron chi connectivity index (χ1n) is 7.94. The molecule has 1 aliphatic heterocycles. The van der Waals surface area contributed by atoms with E-state index >= 15 is 0 Å². The highest BCUT2D eigenvalue weighted by atomic mass is 32.2. The zero-order chi connectivity index (χ0) is 18.2. The van der Waals surface area contributed by atoms with Crippen LogP contribution in [0.1, 0.15) is 32.4 Å². The zero-order valence-electron chi connectivity index (χ0n) is 15.1. The molecular formula is C16H27NO5SSi. The second-order valence-electron chi connectivity index (χ2n) is 7.52. The topological polar surface area (TPSA) is 73.9 Å². The van der Waals surface area contributed by atoms with Gasteiger partial charge in [0, 0.05) is 0 Å². The number of methoxy groups -OCH3 is 1. The number of hydrogen-bond acceptors (Lipinski definition) is 5. The molecule has 0 spiro atoms. The minimum absolute atomic E-state index is 0.0124. The van der Waals surface area contributed by atoms with Crippen LogP contribution in [-0.2, 0) is 18.9 Å². The van der Waals surface area contributed by atoms with Crippen LogP contribution in [0.3, 0.4) is 0 Å². The standard InChI is InChI=1S/C16H27NO5SSi/c1-16(2,3)24(5,6)22-14-11-21-23(18,19)17-15(14)12-7-9-13(20-4)10-8-12/h7-10,14-15,17H,11H2,1-6H3/t14-,15+/m0/s1. The lowest BCUT2D eigenvalue weighted by atomic mass is 10.0. The molecule has 8 heteroatoms. The van der Waals surface area contributed by atoms with Crippen LogP contribution in [0.25, 0.3) is 0 Å². The van der Waals surface area contributed by atoms with Gasteiger partial charge in [-0.25, -0.2) is 0 Å². The Labute approximate surface area is 145 Å². The first-order valence-corrected chi connectivity index (χ1v) is 12.3. The number of ether oxygens (including phenoxy) is 1. The molecule has 24 heavy (non-hydrogen) atoms. The molecule has 6 nitrogen and oxygen atoms in total. The van der Waals surface area contributed by atoms with Gasteiger partial charge in [-0.15, -0.1) is 0 Å². The molecule has 1 fully saturated rings. The summed E-state index contributed by atoms with van der Waals surface area (Å²) < 4.78 is 42.8. The molecule has 1 aliphatic rings. The number of rotatable bonds is 4. The van der Waals surface area contributed by atoms with Crippen molar-refractivity contribution in [1.82, 2.24) is 4.72 Å². The third-order valence-electron chi connectivity index (χ3n) is 4.76. The summed E-state index contributed by atoms with van der Waals surface area (Å²) in [5.74, 6) is 0.718. The van der Waals surface area contributed by atoms with Gasteiger partial charge in [0.15, 0.2) is 8.32 Å². The number of benzene rings is 1. The van der Waals surface area contributed by atoms with Crippen molar-refractivity contribution in [3.8, 4) is 5.75 Å². The van der Waals surface area contributed by atoms with E-state index in [9.17, 15) is 8.42 Å². The minimum Gasteiger partial charge on any atom is -0.497 e. The Morgan fingerprint density at radius 3 is 2.29 bits per heavy atom. The molecule has 1 N–H and O–H groups in total. The zero-order valence-corrected chi connectivity index (χ0v) is 16.9. The Morgan fingerprint density at radius 2 is 1.79 bits per heavy atom. The van der Waals surface area contributed by atoms with Crippen molar-refractivity contribution < 1.29 is 21.8 Å². The minimum atomic E-state index is -3.77. The summed E-state index contributed by atoms with van der Waals surface area (Å²) in [5.41, 5.74) is 0.825. The molecule has 136 valence electrons. The van der Waals surface area contributed by atoms with Crippen molar-refractivity contribution in [1.29, 1.82) is 0 Å². The maximum atomic E-state index is 11.9. The van der Waals surface area contributed by atoms with Crippen molar-refractivity contribution >= 4 is 18.6 Å². The Balaban J connectivity index is 2.30. The fraction of sp³-hybridized carbons (Fsp3) is 0.625. The Bertz CT molecular complexity index is 667. The summed E-state index contributed by atoms with van der Waals surface area (Å²) in [5, 5.41) is 0.0216. The van der Waals surface area contributed by atoms with E-state index in [1.165, 1.54) is 0 Å². The van der Waals surface area contributed by atoms with Crippen molar-refractivity contribution in [2.75, 3.05) is 13.7 Å². The fourth-order valence-corrected chi connectivity index (χ4v) is 4.56. The van der Waals surface area contributed by atoms with E-state index in [1.54, 1.807) is 7.11 Å². The third-order valence-corrected chi connectivity index (χ3v) is 10.3. The quantitative estimate of drug-likeness (QED) is 0.821. The van der Waals surface area contributed by atoms with Crippen LogP contribution in [0.4, 0.5) is 0 Å². The fourth-order valence-electron chi connectivity index (χ4n) is 2.27. The van der Waals surface area contributed by atoms with Crippen LogP contribution < -0.4 is 9.46 Å².